The van der Waals surface area contributed by atoms with Crippen molar-refractivity contribution in [2.24, 2.45) is 0 Å². The average molecular weight is 143 g/mol. The Balaban J connectivity index is 2.65. The molecule has 50 valence electrons. The van der Waals surface area contributed by atoms with Crippen molar-refractivity contribution in [2.75, 3.05) is 7.11 Å². The van der Waals surface area contributed by atoms with Crippen molar-refractivity contribution in [3.8, 4) is 0 Å². The van der Waals surface area contributed by atoms with Gasteiger partial charge in [0.2, 0.25) is 0 Å². The number of thiazole rings is 1. The van der Waals surface area contributed by atoms with E-state index in [1.54, 1.807) is 18.4 Å². The first-order valence-corrected chi connectivity index (χ1v) is 3.69. The smallest absolute Gasteiger partial charge is 0.0971 e. The zero-order chi connectivity index (χ0) is 6.69. The molecule has 0 N–H and O–H groups in total. The van der Waals surface area contributed by atoms with E-state index in [0.717, 1.165) is 5.69 Å². The first kappa shape index (κ1) is 6.71. The first-order chi connectivity index (χ1) is 4.34. The Kier molecular flexibility index (Phi) is 2.19. The van der Waals surface area contributed by atoms with Crippen LogP contribution in [0.25, 0.3) is 0 Å². The minimum Gasteiger partial charge on any atom is -0.375 e. The van der Waals surface area contributed by atoms with Crippen molar-refractivity contribution in [1.29, 1.82) is 0 Å². The summed E-state index contributed by atoms with van der Waals surface area (Å²) in [5.74, 6) is 0. The van der Waals surface area contributed by atoms with Crippen molar-refractivity contribution >= 4 is 11.3 Å². The van der Waals surface area contributed by atoms with Crippen LogP contribution in [-0.4, -0.2) is 12.1 Å². The zero-order valence-electron chi connectivity index (χ0n) is 5.50. The van der Waals surface area contributed by atoms with Gasteiger partial charge in [-0.15, -0.1) is 11.3 Å². The summed E-state index contributed by atoms with van der Waals surface area (Å²) in [7, 11) is 1.68. The second-order valence-electron chi connectivity index (χ2n) is 1.79. The lowest BCUT2D eigenvalue weighted by Gasteiger charge is -2.03. The van der Waals surface area contributed by atoms with Crippen LogP contribution in [0.4, 0.5) is 0 Å². The van der Waals surface area contributed by atoms with Crippen LogP contribution in [-0.2, 0) is 4.74 Å². The second-order valence-corrected chi connectivity index (χ2v) is 2.51. The van der Waals surface area contributed by atoms with E-state index >= 15 is 0 Å². The molecule has 1 unspecified atom stereocenters. The average Bonchev–Trinajstić information content (AvgIpc) is 2.37. The fraction of sp³-hybridized carbons (Fsp3) is 0.500. The highest BCUT2D eigenvalue weighted by atomic mass is 32.1. The minimum atomic E-state index is 0.135. The molecule has 1 aromatic rings. The van der Waals surface area contributed by atoms with Crippen molar-refractivity contribution in [2.45, 2.75) is 13.0 Å². The van der Waals surface area contributed by atoms with Crippen molar-refractivity contribution in [3.05, 3.63) is 16.6 Å². The van der Waals surface area contributed by atoms with Gasteiger partial charge in [0.1, 0.15) is 0 Å². The Morgan fingerprint density at radius 1 is 1.78 bits per heavy atom. The molecule has 0 aromatic carbocycles. The molecular weight excluding hydrogens is 134 g/mol. The summed E-state index contributed by atoms with van der Waals surface area (Å²) >= 11 is 1.59. The summed E-state index contributed by atoms with van der Waals surface area (Å²) < 4.78 is 5.04. The first-order valence-electron chi connectivity index (χ1n) is 2.75. The molecule has 0 radical (unpaired) electrons. The van der Waals surface area contributed by atoms with Crippen LogP contribution >= 0.6 is 11.3 Å². The molecule has 2 nitrogen and oxygen atoms in total. The van der Waals surface area contributed by atoms with Crippen LogP contribution < -0.4 is 0 Å². The van der Waals surface area contributed by atoms with Gasteiger partial charge in [-0.3, -0.25) is 0 Å². The number of aromatic nitrogens is 1. The number of methoxy groups -OCH3 is 1. The van der Waals surface area contributed by atoms with Gasteiger partial charge in [-0.25, -0.2) is 4.98 Å². The van der Waals surface area contributed by atoms with Crippen LogP contribution in [0.3, 0.4) is 0 Å². The van der Waals surface area contributed by atoms with Crippen LogP contribution in [0.5, 0.6) is 0 Å². The maximum absolute atomic E-state index is 5.04. The van der Waals surface area contributed by atoms with Gasteiger partial charge in [0, 0.05) is 12.5 Å². The van der Waals surface area contributed by atoms with Gasteiger partial charge in [-0.05, 0) is 6.92 Å². The van der Waals surface area contributed by atoms with Crippen LogP contribution in [0.15, 0.2) is 10.9 Å². The fourth-order valence-electron chi connectivity index (χ4n) is 0.543. The van der Waals surface area contributed by atoms with Gasteiger partial charge in [0.25, 0.3) is 0 Å². The molecule has 1 heterocycles. The minimum absolute atomic E-state index is 0.135. The van der Waals surface area contributed by atoms with E-state index in [9.17, 15) is 0 Å². The van der Waals surface area contributed by atoms with E-state index in [0.29, 0.717) is 0 Å². The number of hydrogen-bond donors (Lipinski definition) is 0. The van der Waals surface area contributed by atoms with E-state index in [1.807, 2.05) is 17.8 Å². The lowest BCUT2D eigenvalue weighted by atomic mass is 10.3. The summed E-state index contributed by atoms with van der Waals surface area (Å²) in [4.78, 5) is 4.08. The van der Waals surface area contributed by atoms with Crippen molar-refractivity contribution in [3.63, 3.8) is 0 Å². The van der Waals surface area contributed by atoms with E-state index in [1.165, 1.54) is 0 Å². The van der Waals surface area contributed by atoms with E-state index < -0.39 is 0 Å². The van der Waals surface area contributed by atoms with Gasteiger partial charge in [0.15, 0.2) is 0 Å². The Labute approximate surface area is 58.5 Å². The SMILES string of the molecule is COC(C)c1cscn1. The molecular formula is C6H9NOS. The van der Waals surface area contributed by atoms with Gasteiger partial charge in [-0.2, -0.15) is 0 Å². The molecule has 0 aliphatic rings. The maximum Gasteiger partial charge on any atom is 0.0971 e. The third-order valence-corrected chi connectivity index (χ3v) is 1.83. The molecule has 0 bridgehead atoms. The summed E-state index contributed by atoms with van der Waals surface area (Å²) in [5.41, 5.74) is 2.83. The Morgan fingerprint density at radius 3 is 3.00 bits per heavy atom. The molecule has 0 aliphatic heterocycles. The lowest BCUT2D eigenvalue weighted by molar-refractivity contribution is 0.116. The normalized spacial score (nSPS) is 13.6. The molecule has 0 fully saturated rings. The fourth-order valence-corrected chi connectivity index (χ4v) is 1.18. The van der Waals surface area contributed by atoms with Crippen LogP contribution in [0, 0.1) is 0 Å². The molecule has 9 heavy (non-hydrogen) atoms. The van der Waals surface area contributed by atoms with Crippen molar-refractivity contribution in [1.82, 2.24) is 4.98 Å². The topological polar surface area (TPSA) is 22.1 Å². The number of ether oxygens (including phenoxy) is 1. The molecule has 0 aliphatic carbocycles. The molecule has 0 spiro atoms. The molecule has 0 amide bonds. The third kappa shape index (κ3) is 1.50. The van der Waals surface area contributed by atoms with E-state index in [2.05, 4.69) is 4.98 Å². The predicted octanol–water partition coefficient (Wildman–Crippen LogP) is 1.85. The van der Waals surface area contributed by atoms with Gasteiger partial charge in [-0.1, -0.05) is 0 Å². The molecule has 1 rings (SSSR count). The molecule has 0 saturated carbocycles. The predicted molar refractivity (Wildman–Crippen MR) is 37.5 cm³/mol. The summed E-state index contributed by atoms with van der Waals surface area (Å²) in [6, 6.07) is 0. The number of hydrogen-bond acceptors (Lipinski definition) is 3. The largest absolute Gasteiger partial charge is 0.375 e. The standard InChI is InChI=1S/C6H9NOS/c1-5(8-2)6-3-9-4-7-6/h3-5H,1-2H3. The Hall–Kier alpha value is -0.410. The van der Waals surface area contributed by atoms with Crippen LogP contribution in [0.1, 0.15) is 18.7 Å². The lowest BCUT2D eigenvalue weighted by Crippen LogP contribution is -1.94. The van der Waals surface area contributed by atoms with Crippen LogP contribution in [0.2, 0.25) is 0 Å². The highest BCUT2D eigenvalue weighted by molar-refractivity contribution is 7.07. The Morgan fingerprint density at radius 2 is 2.56 bits per heavy atom. The highest BCUT2D eigenvalue weighted by Gasteiger charge is 2.03. The molecule has 3 heteroatoms. The second kappa shape index (κ2) is 2.94. The van der Waals surface area contributed by atoms with Gasteiger partial charge in [0.05, 0.1) is 17.3 Å². The monoisotopic (exact) mass is 143 g/mol. The quantitative estimate of drug-likeness (QED) is 0.630. The van der Waals surface area contributed by atoms with Gasteiger partial charge >= 0.3 is 0 Å². The zero-order valence-corrected chi connectivity index (χ0v) is 6.31. The maximum atomic E-state index is 5.04. The molecule has 1 aromatic heterocycles. The summed E-state index contributed by atoms with van der Waals surface area (Å²) in [6.45, 7) is 1.98. The highest BCUT2D eigenvalue weighted by Crippen LogP contribution is 2.14. The molecule has 1 atom stereocenters. The van der Waals surface area contributed by atoms with Crippen molar-refractivity contribution < 1.29 is 4.74 Å². The Bertz CT molecular complexity index is 162. The van der Waals surface area contributed by atoms with Gasteiger partial charge < -0.3 is 4.74 Å². The number of nitrogens with zero attached hydrogens (tertiary/aromatic N) is 1. The third-order valence-electron chi connectivity index (χ3n) is 1.22. The summed E-state index contributed by atoms with van der Waals surface area (Å²) in [6.07, 6.45) is 0.135. The van der Waals surface area contributed by atoms with E-state index in [-0.39, 0.29) is 6.10 Å². The summed E-state index contributed by atoms with van der Waals surface area (Å²) in [5, 5.41) is 1.99. The number of rotatable bonds is 2. The molecule has 0 saturated heterocycles. The van der Waals surface area contributed by atoms with E-state index in [4.69, 9.17) is 4.74 Å².